The van der Waals surface area contributed by atoms with E-state index in [0.29, 0.717) is 11.8 Å². The van der Waals surface area contributed by atoms with E-state index in [1.807, 2.05) is 6.92 Å². The molecule has 0 aromatic rings. The molecule has 1 rings (SSSR count). The molecule has 0 bridgehead atoms. The van der Waals surface area contributed by atoms with Gasteiger partial charge in [0.1, 0.15) is 5.60 Å². The van der Waals surface area contributed by atoms with Crippen LogP contribution in [0.3, 0.4) is 0 Å². The van der Waals surface area contributed by atoms with Crippen LogP contribution < -0.4 is 0 Å². The van der Waals surface area contributed by atoms with Crippen molar-refractivity contribution in [3.63, 3.8) is 0 Å². The summed E-state index contributed by atoms with van der Waals surface area (Å²) in [6.07, 6.45) is 2.03. The first-order valence-electron chi connectivity index (χ1n) is 5.22. The SMILES string of the molecule is C=C(C)[C@@H]1CC[C@@](C)(OC(C)=O)[C@@H]1C. The Kier molecular flexibility index (Phi) is 3.03. The summed E-state index contributed by atoms with van der Waals surface area (Å²) in [4.78, 5) is 11.0. The Hall–Kier alpha value is -0.790. The Morgan fingerprint density at radius 3 is 2.43 bits per heavy atom. The quantitative estimate of drug-likeness (QED) is 0.501. The molecule has 1 fully saturated rings. The van der Waals surface area contributed by atoms with E-state index in [1.165, 1.54) is 12.5 Å². The zero-order valence-electron chi connectivity index (χ0n) is 9.59. The third-order valence-corrected chi connectivity index (χ3v) is 3.53. The van der Waals surface area contributed by atoms with E-state index in [0.717, 1.165) is 12.8 Å². The van der Waals surface area contributed by atoms with E-state index in [4.69, 9.17) is 4.74 Å². The van der Waals surface area contributed by atoms with Gasteiger partial charge < -0.3 is 4.74 Å². The lowest BCUT2D eigenvalue weighted by molar-refractivity contribution is -0.158. The Morgan fingerprint density at radius 2 is 2.07 bits per heavy atom. The second-order valence-electron chi connectivity index (χ2n) is 4.69. The maximum atomic E-state index is 11.0. The molecule has 0 heterocycles. The molecule has 1 aliphatic carbocycles. The van der Waals surface area contributed by atoms with Crippen molar-refractivity contribution in [1.29, 1.82) is 0 Å². The van der Waals surface area contributed by atoms with Gasteiger partial charge in [-0.15, -0.1) is 0 Å². The zero-order chi connectivity index (χ0) is 10.9. The average Bonchev–Trinajstić information content (AvgIpc) is 2.27. The van der Waals surface area contributed by atoms with Gasteiger partial charge in [-0.25, -0.2) is 0 Å². The van der Waals surface area contributed by atoms with Crippen LogP contribution in [0.15, 0.2) is 12.2 Å². The van der Waals surface area contributed by atoms with Crippen LogP contribution in [0.5, 0.6) is 0 Å². The standard InChI is InChI=1S/C12H20O2/c1-8(2)11-6-7-12(5,9(11)3)14-10(4)13/h9,11H,1,6-7H2,2-5H3/t9-,11+,12-/m1/s1. The number of hydrogen-bond acceptors (Lipinski definition) is 2. The molecular weight excluding hydrogens is 176 g/mol. The maximum absolute atomic E-state index is 11.0. The molecule has 3 atom stereocenters. The van der Waals surface area contributed by atoms with E-state index in [-0.39, 0.29) is 11.6 Å². The molecule has 1 saturated carbocycles. The van der Waals surface area contributed by atoms with Crippen molar-refractivity contribution in [1.82, 2.24) is 0 Å². The van der Waals surface area contributed by atoms with Crippen molar-refractivity contribution >= 4 is 5.97 Å². The third-order valence-electron chi connectivity index (χ3n) is 3.53. The van der Waals surface area contributed by atoms with E-state index >= 15 is 0 Å². The molecular formula is C12H20O2. The number of esters is 1. The van der Waals surface area contributed by atoms with Crippen LogP contribution in [0, 0.1) is 11.8 Å². The molecule has 0 radical (unpaired) electrons. The lowest BCUT2D eigenvalue weighted by Gasteiger charge is -2.31. The maximum Gasteiger partial charge on any atom is 0.303 e. The van der Waals surface area contributed by atoms with Crippen molar-refractivity contribution in [2.45, 2.75) is 46.1 Å². The average molecular weight is 196 g/mol. The highest BCUT2D eigenvalue weighted by Gasteiger charge is 2.44. The number of allylic oxidation sites excluding steroid dienone is 1. The molecule has 0 saturated heterocycles. The van der Waals surface area contributed by atoms with Gasteiger partial charge in [0.25, 0.3) is 0 Å². The van der Waals surface area contributed by atoms with Crippen LogP contribution in [0.4, 0.5) is 0 Å². The lowest BCUT2D eigenvalue weighted by Crippen LogP contribution is -2.35. The van der Waals surface area contributed by atoms with Gasteiger partial charge in [-0.1, -0.05) is 19.1 Å². The molecule has 0 N–H and O–H groups in total. The highest BCUT2D eigenvalue weighted by atomic mass is 16.6. The van der Waals surface area contributed by atoms with Crippen molar-refractivity contribution in [2.75, 3.05) is 0 Å². The Labute approximate surface area is 86.3 Å². The van der Waals surface area contributed by atoms with Gasteiger partial charge in [-0.3, -0.25) is 4.79 Å². The minimum atomic E-state index is -0.282. The Bertz CT molecular complexity index is 257. The van der Waals surface area contributed by atoms with Gasteiger partial charge in [-0.05, 0) is 32.6 Å². The fourth-order valence-corrected chi connectivity index (χ4v) is 2.49. The van der Waals surface area contributed by atoms with Gasteiger partial charge in [-0.2, -0.15) is 0 Å². The molecule has 1 aliphatic rings. The van der Waals surface area contributed by atoms with Crippen molar-refractivity contribution in [3.8, 4) is 0 Å². The first-order chi connectivity index (χ1) is 6.37. The Balaban J connectivity index is 2.75. The highest BCUT2D eigenvalue weighted by Crippen LogP contribution is 2.45. The van der Waals surface area contributed by atoms with Crippen molar-refractivity contribution in [2.24, 2.45) is 11.8 Å². The molecule has 2 heteroatoms. The van der Waals surface area contributed by atoms with E-state index < -0.39 is 0 Å². The summed E-state index contributed by atoms with van der Waals surface area (Å²) < 4.78 is 5.41. The van der Waals surface area contributed by atoms with Crippen LogP contribution >= 0.6 is 0 Å². The minimum Gasteiger partial charge on any atom is -0.459 e. The van der Waals surface area contributed by atoms with E-state index in [9.17, 15) is 4.79 Å². The molecule has 0 aliphatic heterocycles. The van der Waals surface area contributed by atoms with Gasteiger partial charge in [0.15, 0.2) is 0 Å². The summed E-state index contributed by atoms with van der Waals surface area (Å²) in [5.74, 6) is 0.699. The number of hydrogen-bond donors (Lipinski definition) is 0. The predicted octanol–water partition coefficient (Wildman–Crippen LogP) is 2.93. The van der Waals surface area contributed by atoms with Crippen molar-refractivity contribution < 1.29 is 9.53 Å². The highest BCUT2D eigenvalue weighted by molar-refractivity contribution is 5.66. The van der Waals surface area contributed by atoms with Gasteiger partial charge in [0, 0.05) is 12.8 Å². The van der Waals surface area contributed by atoms with Gasteiger partial charge in [0.05, 0.1) is 0 Å². The fourth-order valence-electron chi connectivity index (χ4n) is 2.49. The Morgan fingerprint density at radius 1 is 1.50 bits per heavy atom. The zero-order valence-corrected chi connectivity index (χ0v) is 9.59. The van der Waals surface area contributed by atoms with E-state index in [2.05, 4.69) is 20.4 Å². The van der Waals surface area contributed by atoms with Gasteiger partial charge >= 0.3 is 5.97 Å². The first kappa shape index (κ1) is 11.3. The molecule has 0 amide bonds. The molecule has 2 nitrogen and oxygen atoms in total. The van der Waals surface area contributed by atoms with Gasteiger partial charge in [0.2, 0.25) is 0 Å². The number of carbonyl (C=O) groups excluding carboxylic acids is 1. The second-order valence-corrected chi connectivity index (χ2v) is 4.69. The molecule has 80 valence electrons. The van der Waals surface area contributed by atoms with Crippen molar-refractivity contribution in [3.05, 3.63) is 12.2 Å². The molecule has 0 spiro atoms. The summed E-state index contributed by atoms with van der Waals surface area (Å²) in [7, 11) is 0. The summed E-state index contributed by atoms with van der Waals surface area (Å²) in [6, 6.07) is 0. The topological polar surface area (TPSA) is 26.3 Å². The number of rotatable bonds is 2. The van der Waals surface area contributed by atoms with E-state index in [1.54, 1.807) is 0 Å². The predicted molar refractivity (Wildman–Crippen MR) is 56.9 cm³/mol. The lowest BCUT2D eigenvalue weighted by atomic mass is 9.85. The number of ether oxygens (including phenoxy) is 1. The molecule has 0 aromatic carbocycles. The van der Waals surface area contributed by atoms with Crippen LogP contribution in [0.2, 0.25) is 0 Å². The molecule has 14 heavy (non-hydrogen) atoms. The monoisotopic (exact) mass is 196 g/mol. The fraction of sp³-hybridized carbons (Fsp3) is 0.750. The third kappa shape index (κ3) is 1.99. The smallest absolute Gasteiger partial charge is 0.303 e. The summed E-state index contributed by atoms with van der Waals surface area (Å²) >= 11 is 0. The molecule has 0 aromatic heterocycles. The first-order valence-corrected chi connectivity index (χ1v) is 5.22. The van der Waals surface area contributed by atoms with Crippen LogP contribution in [0.25, 0.3) is 0 Å². The molecule has 0 unspecified atom stereocenters. The number of carbonyl (C=O) groups is 1. The summed E-state index contributed by atoms with van der Waals surface area (Å²) in [6.45, 7) is 11.7. The normalized spacial score (nSPS) is 36.9. The minimum absolute atomic E-state index is 0.179. The summed E-state index contributed by atoms with van der Waals surface area (Å²) in [5, 5.41) is 0. The largest absolute Gasteiger partial charge is 0.459 e. The second kappa shape index (κ2) is 3.76. The van der Waals surface area contributed by atoms with Crippen LogP contribution in [-0.4, -0.2) is 11.6 Å². The van der Waals surface area contributed by atoms with Crippen LogP contribution in [-0.2, 0) is 9.53 Å². The summed E-state index contributed by atoms with van der Waals surface area (Å²) in [5.41, 5.74) is 0.920. The van der Waals surface area contributed by atoms with Crippen LogP contribution in [0.1, 0.15) is 40.5 Å².